The fourth-order valence-electron chi connectivity index (χ4n) is 5.02. The summed E-state index contributed by atoms with van der Waals surface area (Å²) in [5, 5.41) is 0. The predicted octanol–water partition coefficient (Wildman–Crippen LogP) is 4.41. The van der Waals surface area contributed by atoms with Gasteiger partial charge < -0.3 is 10.5 Å². The molecule has 0 aromatic heterocycles. The Morgan fingerprint density at radius 3 is 2.40 bits per heavy atom. The van der Waals surface area contributed by atoms with Crippen molar-refractivity contribution in [1.29, 1.82) is 0 Å². The van der Waals surface area contributed by atoms with Crippen molar-refractivity contribution in [1.82, 2.24) is 0 Å². The molecule has 2 heteroatoms. The molecule has 3 rings (SSSR count). The van der Waals surface area contributed by atoms with Crippen LogP contribution in [0.1, 0.15) is 84.0 Å². The van der Waals surface area contributed by atoms with E-state index in [9.17, 15) is 0 Å². The summed E-state index contributed by atoms with van der Waals surface area (Å²) in [5.74, 6) is 0.910. The van der Waals surface area contributed by atoms with Crippen LogP contribution >= 0.6 is 0 Å². The van der Waals surface area contributed by atoms with Gasteiger partial charge in [0.2, 0.25) is 0 Å². The van der Waals surface area contributed by atoms with E-state index in [1.54, 1.807) is 0 Å². The molecule has 116 valence electrons. The zero-order chi connectivity index (χ0) is 14.0. The maximum atomic E-state index is 6.60. The Kier molecular flexibility index (Phi) is 4.72. The van der Waals surface area contributed by atoms with Crippen LogP contribution < -0.4 is 5.73 Å². The molecule has 0 saturated heterocycles. The summed E-state index contributed by atoms with van der Waals surface area (Å²) in [6.07, 6.45) is 17.0. The molecule has 4 atom stereocenters. The van der Waals surface area contributed by atoms with Crippen LogP contribution in [0.5, 0.6) is 0 Å². The molecule has 3 fully saturated rings. The first-order valence-electron chi connectivity index (χ1n) is 9.15. The van der Waals surface area contributed by atoms with Gasteiger partial charge in [-0.2, -0.15) is 0 Å². The maximum Gasteiger partial charge on any atom is 0.0664 e. The molecule has 2 nitrogen and oxygen atoms in total. The molecule has 0 aromatic rings. The standard InChI is InChI=1S/C18H33NO/c1-2-14-8-7-9-15(12-14)20-17-13-16(19)18(17)10-5-3-4-6-11-18/h14-17H,2-13,19H2,1H3. The van der Waals surface area contributed by atoms with Crippen molar-refractivity contribution in [2.75, 3.05) is 0 Å². The molecule has 0 aliphatic heterocycles. The van der Waals surface area contributed by atoms with Gasteiger partial charge in [0.25, 0.3) is 0 Å². The van der Waals surface area contributed by atoms with E-state index < -0.39 is 0 Å². The van der Waals surface area contributed by atoms with Crippen LogP contribution in [0, 0.1) is 11.3 Å². The van der Waals surface area contributed by atoms with E-state index in [1.807, 2.05) is 0 Å². The lowest BCUT2D eigenvalue weighted by Gasteiger charge is -2.55. The van der Waals surface area contributed by atoms with Gasteiger partial charge in [0.15, 0.2) is 0 Å². The maximum absolute atomic E-state index is 6.60. The van der Waals surface area contributed by atoms with Crippen LogP contribution in [0.4, 0.5) is 0 Å². The number of nitrogens with two attached hydrogens (primary N) is 1. The van der Waals surface area contributed by atoms with Crippen LogP contribution in [-0.4, -0.2) is 18.2 Å². The van der Waals surface area contributed by atoms with E-state index in [-0.39, 0.29) is 0 Å². The average Bonchev–Trinajstić information content (AvgIpc) is 2.75. The predicted molar refractivity (Wildman–Crippen MR) is 83.6 cm³/mol. The van der Waals surface area contributed by atoms with Gasteiger partial charge in [-0.05, 0) is 38.0 Å². The normalized spacial score (nSPS) is 41.1. The monoisotopic (exact) mass is 279 g/mol. The Morgan fingerprint density at radius 2 is 1.75 bits per heavy atom. The zero-order valence-electron chi connectivity index (χ0n) is 13.3. The first kappa shape index (κ1) is 14.8. The second-order valence-corrected chi connectivity index (χ2v) is 7.68. The zero-order valence-corrected chi connectivity index (χ0v) is 13.3. The molecule has 0 bridgehead atoms. The van der Waals surface area contributed by atoms with Gasteiger partial charge in [-0.15, -0.1) is 0 Å². The Bertz CT molecular complexity index is 309. The first-order valence-corrected chi connectivity index (χ1v) is 9.15. The second kappa shape index (κ2) is 6.36. The average molecular weight is 279 g/mol. The van der Waals surface area contributed by atoms with E-state index in [0.717, 1.165) is 12.3 Å². The molecule has 4 unspecified atom stereocenters. The quantitative estimate of drug-likeness (QED) is 0.830. The van der Waals surface area contributed by atoms with E-state index in [4.69, 9.17) is 10.5 Å². The molecule has 3 aliphatic carbocycles. The fourth-order valence-corrected chi connectivity index (χ4v) is 5.02. The number of ether oxygens (including phenoxy) is 1. The van der Waals surface area contributed by atoms with Gasteiger partial charge in [0, 0.05) is 11.5 Å². The molecule has 3 aliphatic rings. The summed E-state index contributed by atoms with van der Waals surface area (Å²) in [6, 6.07) is 0.413. The van der Waals surface area contributed by atoms with E-state index >= 15 is 0 Å². The van der Waals surface area contributed by atoms with Crippen molar-refractivity contribution in [3.63, 3.8) is 0 Å². The van der Waals surface area contributed by atoms with Gasteiger partial charge in [0.1, 0.15) is 0 Å². The van der Waals surface area contributed by atoms with Gasteiger partial charge in [-0.3, -0.25) is 0 Å². The van der Waals surface area contributed by atoms with Crippen LogP contribution in [-0.2, 0) is 4.74 Å². The van der Waals surface area contributed by atoms with E-state index in [1.165, 1.54) is 70.6 Å². The summed E-state index contributed by atoms with van der Waals surface area (Å²) in [4.78, 5) is 0. The fraction of sp³-hybridized carbons (Fsp3) is 1.00. The molecule has 1 spiro atoms. The van der Waals surface area contributed by atoms with Gasteiger partial charge in [-0.25, -0.2) is 0 Å². The van der Waals surface area contributed by atoms with Crippen molar-refractivity contribution in [3.05, 3.63) is 0 Å². The summed E-state index contributed by atoms with van der Waals surface area (Å²) in [7, 11) is 0. The molecule has 0 heterocycles. The topological polar surface area (TPSA) is 35.2 Å². The number of rotatable bonds is 3. The SMILES string of the molecule is CCC1CCCC(OC2CC(N)C23CCCCCC3)C1. The highest BCUT2D eigenvalue weighted by molar-refractivity contribution is 5.07. The van der Waals surface area contributed by atoms with Crippen molar-refractivity contribution >= 4 is 0 Å². The summed E-state index contributed by atoms with van der Waals surface area (Å²) < 4.78 is 6.60. The Morgan fingerprint density at radius 1 is 1.00 bits per heavy atom. The lowest BCUT2D eigenvalue weighted by molar-refractivity contribution is -0.170. The highest BCUT2D eigenvalue weighted by atomic mass is 16.5. The summed E-state index contributed by atoms with van der Waals surface area (Å²) in [6.45, 7) is 2.33. The lowest BCUT2D eigenvalue weighted by Crippen LogP contribution is -2.62. The van der Waals surface area contributed by atoms with Gasteiger partial charge in [-0.1, -0.05) is 51.9 Å². The van der Waals surface area contributed by atoms with Crippen molar-refractivity contribution < 1.29 is 4.74 Å². The van der Waals surface area contributed by atoms with Crippen LogP contribution in [0.3, 0.4) is 0 Å². The molecular formula is C18H33NO. The molecule has 20 heavy (non-hydrogen) atoms. The summed E-state index contributed by atoms with van der Waals surface area (Å²) in [5.41, 5.74) is 6.78. The third-order valence-corrected chi connectivity index (χ3v) is 6.55. The Balaban J connectivity index is 1.59. The van der Waals surface area contributed by atoms with Gasteiger partial charge in [0.05, 0.1) is 12.2 Å². The third kappa shape index (κ3) is 2.78. The van der Waals surface area contributed by atoms with Crippen LogP contribution in [0.2, 0.25) is 0 Å². The smallest absolute Gasteiger partial charge is 0.0664 e. The summed E-state index contributed by atoms with van der Waals surface area (Å²) >= 11 is 0. The minimum Gasteiger partial charge on any atom is -0.374 e. The number of hydrogen-bond donors (Lipinski definition) is 1. The number of hydrogen-bond acceptors (Lipinski definition) is 2. The third-order valence-electron chi connectivity index (χ3n) is 6.55. The van der Waals surface area contributed by atoms with Crippen LogP contribution in [0.15, 0.2) is 0 Å². The molecule has 0 radical (unpaired) electrons. The van der Waals surface area contributed by atoms with E-state index in [2.05, 4.69) is 6.92 Å². The first-order chi connectivity index (χ1) is 9.74. The van der Waals surface area contributed by atoms with Crippen molar-refractivity contribution in [3.8, 4) is 0 Å². The van der Waals surface area contributed by atoms with Gasteiger partial charge >= 0.3 is 0 Å². The molecule has 3 saturated carbocycles. The Hall–Kier alpha value is -0.0800. The van der Waals surface area contributed by atoms with Crippen LogP contribution in [0.25, 0.3) is 0 Å². The molecule has 2 N–H and O–H groups in total. The Labute approximate surface area is 124 Å². The second-order valence-electron chi connectivity index (χ2n) is 7.68. The minimum atomic E-state index is 0.357. The molecule has 0 aromatic carbocycles. The van der Waals surface area contributed by atoms with Crippen molar-refractivity contribution in [2.45, 2.75) is 102 Å². The largest absolute Gasteiger partial charge is 0.374 e. The van der Waals surface area contributed by atoms with E-state index in [0.29, 0.717) is 23.7 Å². The minimum absolute atomic E-state index is 0.357. The highest BCUT2D eigenvalue weighted by Gasteiger charge is 2.54. The van der Waals surface area contributed by atoms with Crippen molar-refractivity contribution in [2.24, 2.45) is 17.1 Å². The lowest BCUT2D eigenvalue weighted by atomic mass is 9.58. The molecule has 0 amide bonds. The highest BCUT2D eigenvalue weighted by Crippen LogP contribution is 2.52. The molecular weight excluding hydrogens is 246 g/mol.